The number of hydrogen-bond acceptors (Lipinski definition) is 2. The lowest BCUT2D eigenvalue weighted by Gasteiger charge is -2.34. The molecule has 1 saturated heterocycles. The van der Waals surface area contributed by atoms with Crippen LogP contribution in [0.2, 0.25) is 0 Å². The highest BCUT2D eigenvalue weighted by atomic mass is 79.9. The molecular formula is C15H19BrN2O. The fraction of sp³-hybridized carbons (Fsp3) is 0.533. The minimum absolute atomic E-state index is 0.0417. The van der Waals surface area contributed by atoms with Crippen LogP contribution in [0.5, 0.6) is 0 Å². The highest BCUT2D eigenvalue weighted by molar-refractivity contribution is 9.10. The van der Waals surface area contributed by atoms with E-state index in [-0.39, 0.29) is 18.0 Å². The Kier molecular flexibility index (Phi) is 3.63. The van der Waals surface area contributed by atoms with Crippen LogP contribution < -0.4 is 5.73 Å². The van der Waals surface area contributed by atoms with Crippen molar-refractivity contribution in [3.8, 4) is 0 Å². The van der Waals surface area contributed by atoms with Gasteiger partial charge in [0.05, 0.1) is 6.04 Å². The topological polar surface area (TPSA) is 46.3 Å². The molecule has 1 amide bonds. The molecule has 0 radical (unpaired) electrons. The van der Waals surface area contributed by atoms with Crippen molar-refractivity contribution in [2.45, 2.75) is 50.2 Å². The van der Waals surface area contributed by atoms with Crippen LogP contribution >= 0.6 is 15.9 Å². The molecule has 102 valence electrons. The number of carbonyl (C=O) groups excluding carboxylic acids is 1. The van der Waals surface area contributed by atoms with Gasteiger partial charge < -0.3 is 10.6 Å². The molecule has 0 bridgehead atoms. The van der Waals surface area contributed by atoms with E-state index in [0.717, 1.165) is 35.7 Å². The number of hydrogen-bond donors (Lipinski definition) is 1. The molecule has 19 heavy (non-hydrogen) atoms. The second kappa shape index (κ2) is 5.25. The summed E-state index contributed by atoms with van der Waals surface area (Å²) in [5, 5.41) is 0. The van der Waals surface area contributed by atoms with Crippen molar-refractivity contribution in [1.29, 1.82) is 0 Å². The van der Waals surface area contributed by atoms with Crippen LogP contribution in [0.15, 0.2) is 28.7 Å². The average Bonchev–Trinajstić information content (AvgIpc) is 3.18. The molecule has 2 fully saturated rings. The highest BCUT2D eigenvalue weighted by Gasteiger charge is 2.41. The number of rotatable bonds is 2. The number of likely N-dealkylation sites (tertiary alicyclic amines) is 1. The van der Waals surface area contributed by atoms with E-state index < -0.39 is 0 Å². The quantitative estimate of drug-likeness (QED) is 0.909. The van der Waals surface area contributed by atoms with Gasteiger partial charge in [-0.05, 0) is 43.4 Å². The predicted molar refractivity (Wildman–Crippen MR) is 78.6 cm³/mol. The summed E-state index contributed by atoms with van der Waals surface area (Å²) in [6, 6.07) is 8.71. The molecule has 4 heteroatoms. The monoisotopic (exact) mass is 322 g/mol. The van der Waals surface area contributed by atoms with Crippen LogP contribution in [0.1, 0.15) is 43.7 Å². The fourth-order valence-corrected chi connectivity index (χ4v) is 3.44. The van der Waals surface area contributed by atoms with Crippen molar-refractivity contribution in [2.75, 3.05) is 0 Å². The molecule has 0 spiro atoms. The molecule has 3 nitrogen and oxygen atoms in total. The summed E-state index contributed by atoms with van der Waals surface area (Å²) in [5.41, 5.74) is 7.53. The van der Waals surface area contributed by atoms with E-state index in [0.29, 0.717) is 12.5 Å². The van der Waals surface area contributed by atoms with Gasteiger partial charge in [-0.2, -0.15) is 0 Å². The first-order chi connectivity index (χ1) is 9.16. The molecule has 1 aliphatic heterocycles. The number of carbonyl (C=O) groups is 1. The lowest BCUT2D eigenvalue weighted by atomic mass is 9.96. The molecular weight excluding hydrogens is 304 g/mol. The van der Waals surface area contributed by atoms with E-state index in [1.54, 1.807) is 0 Å². The third-order valence-electron chi connectivity index (χ3n) is 4.05. The summed E-state index contributed by atoms with van der Waals surface area (Å²) in [5.74, 6) is 0.278. The molecule has 1 aromatic rings. The highest BCUT2D eigenvalue weighted by Crippen LogP contribution is 2.39. The summed E-state index contributed by atoms with van der Waals surface area (Å²) < 4.78 is 1.05. The van der Waals surface area contributed by atoms with E-state index in [1.807, 2.05) is 12.1 Å². The van der Waals surface area contributed by atoms with E-state index in [4.69, 9.17) is 5.73 Å². The van der Waals surface area contributed by atoms with Gasteiger partial charge in [-0.3, -0.25) is 4.79 Å². The maximum Gasteiger partial charge on any atom is 0.223 e. The molecule has 2 N–H and O–H groups in total. The molecule has 2 atom stereocenters. The molecule has 3 rings (SSSR count). The summed E-state index contributed by atoms with van der Waals surface area (Å²) in [4.78, 5) is 14.4. The number of amides is 1. The Labute approximate surface area is 122 Å². The lowest BCUT2D eigenvalue weighted by molar-refractivity contribution is -0.133. The average molecular weight is 323 g/mol. The van der Waals surface area contributed by atoms with Crippen molar-refractivity contribution in [1.82, 2.24) is 4.90 Å². The maximum atomic E-state index is 12.4. The van der Waals surface area contributed by atoms with Crippen molar-refractivity contribution in [3.63, 3.8) is 0 Å². The molecule has 2 unspecified atom stereocenters. The van der Waals surface area contributed by atoms with Gasteiger partial charge in [0.15, 0.2) is 0 Å². The zero-order valence-electron chi connectivity index (χ0n) is 10.9. The molecule has 1 aromatic carbocycles. The second-order valence-corrected chi connectivity index (χ2v) is 6.50. The van der Waals surface area contributed by atoms with Crippen molar-refractivity contribution in [2.24, 2.45) is 5.73 Å². The van der Waals surface area contributed by atoms with Crippen LogP contribution in [-0.4, -0.2) is 22.9 Å². The molecule has 0 aromatic heterocycles. The first-order valence-corrected chi connectivity index (χ1v) is 7.78. The van der Waals surface area contributed by atoms with Gasteiger partial charge in [-0.25, -0.2) is 0 Å². The normalized spacial score (nSPS) is 28.3. The van der Waals surface area contributed by atoms with Crippen LogP contribution in [0, 0.1) is 0 Å². The third-order valence-corrected chi connectivity index (χ3v) is 4.55. The molecule has 2 aliphatic rings. The summed E-state index contributed by atoms with van der Waals surface area (Å²) >= 11 is 3.51. The van der Waals surface area contributed by atoms with Crippen LogP contribution in [-0.2, 0) is 4.79 Å². The van der Waals surface area contributed by atoms with Gasteiger partial charge in [0, 0.05) is 23.0 Å². The van der Waals surface area contributed by atoms with E-state index >= 15 is 0 Å². The van der Waals surface area contributed by atoms with E-state index in [9.17, 15) is 4.79 Å². The van der Waals surface area contributed by atoms with E-state index in [2.05, 4.69) is 33.0 Å². The van der Waals surface area contributed by atoms with Gasteiger partial charge in [0.25, 0.3) is 0 Å². The summed E-state index contributed by atoms with van der Waals surface area (Å²) in [6.07, 6.45) is 4.74. The number of nitrogens with zero attached hydrogens (tertiary/aromatic N) is 1. The minimum Gasteiger partial charge on any atom is -0.331 e. The summed E-state index contributed by atoms with van der Waals surface area (Å²) in [6.45, 7) is 0. The van der Waals surface area contributed by atoms with Crippen LogP contribution in [0.3, 0.4) is 0 Å². The van der Waals surface area contributed by atoms with Gasteiger partial charge in [0.2, 0.25) is 5.91 Å². The lowest BCUT2D eigenvalue weighted by Crippen LogP contribution is -2.43. The first-order valence-electron chi connectivity index (χ1n) is 6.99. The van der Waals surface area contributed by atoms with Crippen molar-refractivity contribution < 1.29 is 4.79 Å². The molecule has 1 aliphatic carbocycles. The van der Waals surface area contributed by atoms with Gasteiger partial charge in [-0.15, -0.1) is 0 Å². The Balaban J connectivity index is 1.99. The standard InChI is InChI=1S/C15H19BrN2O/c16-11-4-1-3-10(9-11)15-13(17)5-2-6-14(19)18(15)12-7-8-12/h1,3-4,9,12-13,15H,2,5-8,17H2. The Bertz CT molecular complexity index is 487. The molecule has 1 saturated carbocycles. The second-order valence-electron chi connectivity index (χ2n) is 5.59. The Morgan fingerprint density at radius 2 is 2.05 bits per heavy atom. The molecule has 1 heterocycles. The van der Waals surface area contributed by atoms with E-state index in [1.165, 1.54) is 0 Å². The maximum absolute atomic E-state index is 12.4. The minimum atomic E-state index is 0.0417. The van der Waals surface area contributed by atoms with Gasteiger partial charge in [0.1, 0.15) is 0 Å². The number of nitrogens with two attached hydrogens (primary N) is 1. The Morgan fingerprint density at radius 3 is 2.74 bits per heavy atom. The number of halogens is 1. The zero-order chi connectivity index (χ0) is 13.4. The Morgan fingerprint density at radius 1 is 1.26 bits per heavy atom. The summed E-state index contributed by atoms with van der Waals surface area (Å²) in [7, 11) is 0. The third kappa shape index (κ3) is 2.70. The van der Waals surface area contributed by atoms with Gasteiger partial charge in [-0.1, -0.05) is 28.1 Å². The SMILES string of the molecule is NC1CCCC(=O)N(C2CC2)C1c1cccc(Br)c1. The fourth-order valence-electron chi connectivity index (χ4n) is 3.02. The van der Waals surface area contributed by atoms with Crippen LogP contribution in [0.4, 0.5) is 0 Å². The predicted octanol–water partition coefficient (Wildman–Crippen LogP) is 2.99. The smallest absolute Gasteiger partial charge is 0.223 e. The van der Waals surface area contributed by atoms with Crippen molar-refractivity contribution >= 4 is 21.8 Å². The van der Waals surface area contributed by atoms with Crippen LogP contribution in [0.25, 0.3) is 0 Å². The Hall–Kier alpha value is -0.870. The van der Waals surface area contributed by atoms with Gasteiger partial charge >= 0.3 is 0 Å². The zero-order valence-corrected chi connectivity index (χ0v) is 12.5. The first kappa shape index (κ1) is 13.1. The number of benzene rings is 1. The van der Waals surface area contributed by atoms with Crippen molar-refractivity contribution in [3.05, 3.63) is 34.3 Å². The largest absolute Gasteiger partial charge is 0.331 e.